The first-order chi connectivity index (χ1) is 12.9. The second kappa shape index (κ2) is 6.73. The van der Waals surface area contributed by atoms with Gasteiger partial charge in [-0.15, -0.1) is 0 Å². The molecule has 3 aromatic rings. The molecule has 4 rings (SSSR count). The summed E-state index contributed by atoms with van der Waals surface area (Å²) >= 11 is 0. The Bertz CT molecular complexity index is 1000. The number of ether oxygens (including phenoxy) is 1. The molecule has 138 valence electrons. The highest BCUT2D eigenvalue weighted by Crippen LogP contribution is 2.33. The zero-order valence-electron chi connectivity index (χ0n) is 16.1. The maximum Gasteiger partial charge on any atom is 0.251 e. The molecule has 3 nitrogen and oxygen atoms in total. The molecule has 1 aliphatic heterocycles. The van der Waals surface area contributed by atoms with Crippen molar-refractivity contribution in [1.29, 1.82) is 0 Å². The van der Waals surface area contributed by atoms with Crippen LogP contribution in [0.15, 0.2) is 60.7 Å². The Morgan fingerprint density at radius 3 is 2.59 bits per heavy atom. The van der Waals surface area contributed by atoms with Crippen molar-refractivity contribution in [3.63, 3.8) is 0 Å². The minimum absolute atomic E-state index is 0.0142. The third-order valence-electron chi connectivity index (χ3n) is 5.17. The lowest BCUT2D eigenvalue weighted by atomic mass is 9.86. The lowest BCUT2D eigenvalue weighted by molar-refractivity contribution is 0.0933. The predicted octanol–water partition coefficient (Wildman–Crippen LogP) is 4.87. The highest BCUT2D eigenvalue weighted by atomic mass is 16.5. The van der Waals surface area contributed by atoms with E-state index in [9.17, 15) is 4.79 Å². The molecule has 0 saturated heterocycles. The Morgan fingerprint density at radius 2 is 1.81 bits per heavy atom. The third kappa shape index (κ3) is 3.68. The lowest BCUT2D eigenvalue weighted by Gasteiger charge is -2.19. The van der Waals surface area contributed by atoms with E-state index in [1.165, 1.54) is 11.1 Å². The van der Waals surface area contributed by atoms with Gasteiger partial charge >= 0.3 is 0 Å². The Kier molecular flexibility index (Phi) is 4.39. The van der Waals surface area contributed by atoms with Crippen LogP contribution in [0.25, 0.3) is 10.8 Å². The smallest absolute Gasteiger partial charge is 0.251 e. The Balaban J connectivity index is 1.40. The van der Waals surface area contributed by atoms with Crippen molar-refractivity contribution < 1.29 is 9.53 Å². The van der Waals surface area contributed by atoms with E-state index in [-0.39, 0.29) is 17.4 Å². The molecule has 1 aliphatic rings. The quantitative estimate of drug-likeness (QED) is 0.724. The largest absolute Gasteiger partial charge is 0.488 e. The number of benzene rings is 3. The van der Waals surface area contributed by atoms with Gasteiger partial charge in [0.05, 0.1) is 6.54 Å². The summed E-state index contributed by atoms with van der Waals surface area (Å²) in [4.78, 5) is 12.5. The molecule has 3 aromatic carbocycles. The van der Waals surface area contributed by atoms with E-state index >= 15 is 0 Å². The van der Waals surface area contributed by atoms with Crippen molar-refractivity contribution in [2.24, 2.45) is 0 Å². The highest BCUT2D eigenvalue weighted by Gasteiger charge is 2.25. The molecule has 0 spiro atoms. The van der Waals surface area contributed by atoms with Crippen LogP contribution in [0, 0.1) is 0 Å². The summed E-state index contributed by atoms with van der Waals surface area (Å²) in [6, 6.07) is 20.3. The molecule has 0 fully saturated rings. The molecule has 1 amide bonds. The van der Waals surface area contributed by atoms with Crippen molar-refractivity contribution in [1.82, 2.24) is 5.32 Å². The van der Waals surface area contributed by atoms with Gasteiger partial charge in [-0.2, -0.15) is 0 Å². The minimum atomic E-state index is -0.0595. The second-order valence-corrected chi connectivity index (χ2v) is 8.29. The first-order valence-corrected chi connectivity index (χ1v) is 9.47. The number of amides is 1. The van der Waals surface area contributed by atoms with Gasteiger partial charge in [-0.25, -0.2) is 0 Å². The summed E-state index contributed by atoms with van der Waals surface area (Å²) in [5.74, 6) is 0.878. The molecule has 0 unspecified atom stereocenters. The van der Waals surface area contributed by atoms with Crippen LogP contribution in [0.3, 0.4) is 0 Å². The molecule has 3 heteroatoms. The topological polar surface area (TPSA) is 38.3 Å². The predicted molar refractivity (Wildman–Crippen MR) is 110 cm³/mol. The lowest BCUT2D eigenvalue weighted by Crippen LogP contribution is -2.34. The van der Waals surface area contributed by atoms with Gasteiger partial charge in [-0.1, -0.05) is 63.2 Å². The van der Waals surface area contributed by atoms with Gasteiger partial charge in [0.1, 0.15) is 11.9 Å². The SMILES string of the molecule is CC(C)(C)c1ccc2c(c1)C[C@@H](CNC(=O)c1ccc3ccccc3c1)O2. The van der Waals surface area contributed by atoms with Gasteiger partial charge in [-0.05, 0) is 45.5 Å². The van der Waals surface area contributed by atoms with E-state index in [2.05, 4.69) is 44.3 Å². The monoisotopic (exact) mass is 359 g/mol. The van der Waals surface area contributed by atoms with Crippen LogP contribution in [0.1, 0.15) is 42.3 Å². The van der Waals surface area contributed by atoms with E-state index in [0.29, 0.717) is 12.1 Å². The average Bonchev–Trinajstić information content (AvgIpc) is 3.07. The minimum Gasteiger partial charge on any atom is -0.488 e. The summed E-state index contributed by atoms with van der Waals surface area (Å²) < 4.78 is 6.02. The fourth-order valence-electron chi connectivity index (χ4n) is 3.54. The number of carbonyl (C=O) groups excluding carboxylic acids is 1. The summed E-state index contributed by atoms with van der Waals surface area (Å²) in [6.45, 7) is 7.15. The number of hydrogen-bond donors (Lipinski definition) is 1. The van der Waals surface area contributed by atoms with Gasteiger partial charge in [-0.3, -0.25) is 4.79 Å². The fourth-order valence-corrected chi connectivity index (χ4v) is 3.54. The fraction of sp³-hybridized carbons (Fsp3) is 0.292. The number of nitrogens with one attached hydrogen (secondary N) is 1. The first kappa shape index (κ1) is 17.6. The number of carbonyl (C=O) groups is 1. The highest BCUT2D eigenvalue weighted by molar-refractivity contribution is 5.98. The van der Waals surface area contributed by atoms with Crippen molar-refractivity contribution >= 4 is 16.7 Å². The molecule has 0 bridgehead atoms. The molecule has 1 heterocycles. The summed E-state index contributed by atoms with van der Waals surface area (Å²) in [7, 11) is 0. The van der Waals surface area contributed by atoms with Gasteiger partial charge < -0.3 is 10.1 Å². The van der Waals surface area contributed by atoms with Crippen molar-refractivity contribution in [2.75, 3.05) is 6.54 Å². The molecule has 1 atom stereocenters. The van der Waals surface area contributed by atoms with E-state index in [1.807, 2.05) is 42.5 Å². The normalized spacial score (nSPS) is 16.0. The summed E-state index contributed by atoms with van der Waals surface area (Å²) in [5, 5.41) is 5.23. The molecule has 0 saturated carbocycles. The van der Waals surface area contributed by atoms with Crippen LogP contribution < -0.4 is 10.1 Å². The maximum atomic E-state index is 12.5. The van der Waals surface area contributed by atoms with Crippen LogP contribution in [-0.2, 0) is 11.8 Å². The van der Waals surface area contributed by atoms with Crippen LogP contribution in [0.2, 0.25) is 0 Å². The van der Waals surface area contributed by atoms with Gasteiger partial charge in [0.25, 0.3) is 5.91 Å². The molecular formula is C24H25NO2. The van der Waals surface area contributed by atoms with Gasteiger partial charge in [0.15, 0.2) is 0 Å². The molecule has 0 aromatic heterocycles. The van der Waals surface area contributed by atoms with Gasteiger partial charge in [0.2, 0.25) is 0 Å². The second-order valence-electron chi connectivity index (χ2n) is 8.29. The standard InChI is InChI=1S/C24H25NO2/c1-24(2,3)20-10-11-22-19(13-20)14-21(27-22)15-25-23(26)18-9-8-16-6-4-5-7-17(16)12-18/h4-13,21H,14-15H2,1-3H3,(H,25,26)/t21-/m0/s1. The van der Waals surface area contributed by atoms with Crippen LogP contribution in [-0.4, -0.2) is 18.6 Å². The molecule has 1 N–H and O–H groups in total. The van der Waals surface area contributed by atoms with E-state index in [0.717, 1.165) is 22.9 Å². The third-order valence-corrected chi connectivity index (χ3v) is 5.17. The van der Waals surface area contributed by atoms with E-state index < -0.39 is 0 Å². The number of hydrogen-bond acceptors (Lipinski definition) is 2. The van der Waals surface area contributed by atoms with E-state index in [4.69, 9.17) is 4.74 Å². The Hall–Kier alpha value is -2.81. The van der Waals surface area contributed by atoms with Crippen molar-refractivity contribution in [3.8, 4) is 5.75 Å². The zero-order chi connectivity index (χ0) is 19.0. The number of rotatable bonds is 3. The van der Waals surface area contributed by atoms with Gasteiger partial charge in [0, 0.05) is 12.0 Å². The summed E-state index contributed by atoms with van der Waals surface area (Å²) in [6.07, 6.45) is 0.816. The molecule has 0 radical (unpaired) electrons. The van der Waals surface area contributed by atoms with E-state index in [1.54, 1.807) is 0 Å². The first-order valence-electron chi connectivity index (χ1n) is 9.47. The average molecular weight is 359 g/mol. The molecule has 0 aliphatic carbocycles. The Morgan fingerprint density at radius 1 is 1.04 bits per heavy atom. The van der Waals surface area contributed by atoms with Crippen molar-refractivity contribution in [3.05, 3.63) is 77.4 Å². The molecular weight excluding hydrogens is 334 g/mol. The maximum absolute atomic E-state index is 12.5. The van der Waals surface area contributed by atoms with Crippen molar-refractivity contribution in [2.45, 2.75) is 38.7 Å². The zero-order valence-corrected chi connectivity index (χ0v) is 16.1. The van der Waals surface area contributed by atoms with Crippen LogP contribution in [0.4, 0.5) is 0 Å². The van der Waals surface area contributed by atoms with Crippen LogP contribution >= 0.6 is 0 Å². The number of fused-ring (bicyclic) bond motifs is 2. The molecule has 27 heavy (non-hydrogen) atoms. The van der Waals surface area contributed by atoms with Crippen LogP contribution in [0.5, 0.6) is 5.75 Å². The Labute approximate surface area is 160 Å². The summed E-state index contributed by atoms with van der Waals surface area (Å²) in [5.41, 5.74) is 3.34.